The fraction of sp³-hybridized carbons (Fsp3) is 0.316. The Morgan fingerprint density at radius 2 is 1.67 bits per heavy atom. The zero-order valence-corrected chi connectivity index (χ0v) is 15.8. The van der Waals surface area contributed by atoms with Gasteiger partial charge in [0.2, 0.25) is 0 Å². The maximum absolute atomic E-state index is 11.7. The number of aromatic carboxylic acids is 1. The smallest absolute Gasteiger partial charge is 0.339 e. The van der Waals surface area contributed by atoms with Gasteiger partial charge in [-0.2, -0.15) is 0 Å². The number of nitrogens with zero attached hydrogens (tertiary/aromatic N) is 1. The number of carboxylic acids is 1. The number of benzene rings is 2. The molecule has 5 heteroatoms. The highest BCUT2D eigenvalue weighted by Crippen LogP contribution is 2.54. The lowest BCUT2D eigenvalue weighted by Crippen LogP contribution is -2.53. The molecule has 0 aliphatic carbocycles. The first kappa shape index (κ1) is 16.6. The molecule has 0 bridgehead atoms. The number of carbonyl (C=O) groups is 1. The summed E-state index contributed by atoms with van der Waals surface area (Å²) in [5.41, 5.74) is 2.06. The molecular formula is C19H23NO3Si. The lowest BCUT2D eigenvalue weighted by Gasteiger charge is -2.49. The fourth-order valence-corrected chi connectivity index (χ4v) is 5.12. The van der Waals surface area contributed by atoms with Gasteiger partial charge in [0.15, 0.2) is 14.0 Å². The van der Waals surface area contributed by atoms with Crippen LogP contribution in [0.3, 0.4) is 0 Å². The van der Waals surface area contributed by atoms with E-state index < -0.39 is 14.2 Å². The summed E-state index contributed by atoms with van der Waals surface area (Å²) in [7, 11) is -2.00. The van der Waals surface area contributed by atoms with Gasteiger partial charge in [-0.05, 0) is 29.3 Å². The van der Waals surface area contributed by atoms with Gasteiger partial charge in [0.05, 0.1) is 11.4 Å². The highest BCUT2D eigenvalue weighted by Gasteiger charge is 2.45. The van der Waals surface area contributed by atoms with E-state index in [2.05, 4.69) is 38.4 Å². The number of para-hydroxylation sites is 3. The zero-order valence-electron chi connectivity index (χ0n) is 14.8. The summed E-state index contributed by atoms with van der Waals surface area (Å²) in [6.45, 7) is 11.4. The van der Waals surface area contributed by atoms with E-state index in [4.69, 9.17) is 4.74 Å². The van der Waals surface area contributed by atoms with Crippen LogP contribution in [0.25, 0.3) is 0 Å². The first-order valence-corrected chi connectivity index (χ1v) is 11.0. The molecule has 0 aromatic heterocycles. The van der Waals surface area contributed by atoms with Crippen LogP contribution in [0.2, 0.25) is 18.1 Å². The van der Waals surface area contributed by atoms with Crippen LogP contribution in [-0.2, 0) is 0 Å². The van der Waals surface area contributed by atoms with E-state index in [0.29, 0.717) is 11.5 Å². The number of hydrogen-bond donors (Lipinski definition) is 1. The molecule has 0 saturated carbocycles. The van der Waals surface area contributed by atoms with Crippen molar-refractivity contribution in [3.63, 3.8) is 0 Å². The first-order chi connectivity index (χ1) is 11.1. The SMILES string of the molecule is CC(C)(C)[Si](C)(C)N1c2ccccc2Oc2c(C(=O)O)cccc21. The third-order valence-electron chi connectivity index (χ3n) is 5.18. The van der Waals surface area contributed by atoms with Gasteiger partial charge in [-0.25, -0.2) is 4.79 Å². The van der Waals surface area contributed by atoms with Crippen LogP contribution < -0.4 is 9.30 Å². The van der Waals surface area contributed by atoms with Gasteiger partial charge in [0.25, 0.3) is 0 Å². The van der Waals surface area contributed by atoms with Crippen molar-refractivity contribution in [1.29, 1.82) is 0 Å². The van der Waals surface area contributed by atoms with E-state index in [1.807, 2.05) is 30.3 Å². The van der Waals surface area contributed by atoms with Crippen LogP contribution in [0.4, 0.5) is 11.4 Å². The standard InChI is InChI=1S/C19H23NO3Si/c1-19(2,3)24(4,5)20-14-10-6-7-12-16(14)23-17-13(18(21)22)9-8-11-15(17)20/h6-12H,1-5H3,(H,21,22). The van der Waals surface area contributed by atoms with Crippen LogP contribution in [0, 0.1) is 0 Å². The molecule has 1 heterocycles. The van der Waals surface area contributed by atoms with Gasteiger partial charge in [-0.1, -0.05) is 52.1 Å². The normalized spacial score (nSPS) is 13.8. The largest absolute Gasteiger partial charge is 0.478 e. The monoisotopic (exact) mass is 341 g/mol. The van der Waals surface area contributed by atoms with E-state index in [9.17, 15) is 9.90 Å². The molecule has 24 heavy (non-hydrogen) atoms. The molecule has 126 valence electrons. The average molecular weight is 341 g/mol. The van der Waals surface area contributed by atoms with E-state index in [-0.39, 0.29) is 10.6 Å². The predicted octanol–water partition coefficient (Wildman–Crippen LogP) is 5.63. The van der Waals surface area contributed by atoms with E-state index in [0.717, 1.165) is 11.4 Å². The molecule has 0 atom stereocenters. The topological polar surface area (TPSA) is 49.8 Å². The lowest BCUT2D eigenvalue weighted by molar-refractivity contribution is 0.0694. The molecule has 0 unspecified atom stereocenters. The average Bonchev–Trinajstić information content (AvgIpc) is 2.50. The maximum atomic E-state index is 11.7. The van der Waals surface area contributed by atoms with Crippen molar-refractivity contribution in [3.8, 4) is 11.5 Å². The molecule has 1 aliphatic rings. The van der Waals surface area contributed by atoms with Gasteiger partial charge in [0, 0.05) is 0 Å². The Kier molecular flexibility index (Phi) is 3.72. The van der Waals surface area contributed by atoms with Gasteiger partial charge >= 0.3 is 5.97 Å². The number of ether oxygens (including phenoxy) is 1. The predicted molar refractivity (Wildman–Crippen MR) is 99.3 cm³/mol. The minimum Gasteiger partial charge on any atom is -0.478 e. The third kappa shape index (κ3) is 2.40. The van der Waals surface area contributed by atoms with E-state index in [1.54, 1.807) is 12.1 Å². The minimum atomic E-state index is -2.00. The summed E-state index contributed by atoms with van der Waals surface area (Å²) < 4.78 is 8.35. The molecule has 0 spiro atoms. The minimum absolute atomic E-state index is 0.0912. The summed E-state index contributed by atoms with van der Waals surface area (Å²) in [4.78, 5) is 11.7. The second-order valence-electron chi connectivity index (χ2n) is 7.67. The Morgan fingerprint density at radius 1 is 1.04 bits per heavy atom. The summed E-state index contributed by atoms with van der Waals surface area (Å²) in [6, 6.07) is 13.2. The number of hydrogen-bond acceptors (Lipinski definition) is 3. The lowest BCUT2D eigenvalue weighted by atomic mass is 10.1. The van der Waals surface area contributed by atoms with Crippen molar-refractivity contribution in [1.82, 2.24) is 0 Å². The molecule has 3 rings (SSSR count). The Balaban J connectivity index is 2.31. The quantitative estimate of drug-likeness (QED) is 0.719. The molecule has 0 radical (unpaired) electrons. The summed E-state index contributed by atoms with van der Waals surface area (Å²) in [5.74, 6) is 0.179. The van der Waals surface area contributed by atoms with Crippen molar-refractivity contribution in [2.45, 2.75) is 38.9 Å². The van der Waals surface area contributed by atoms with Crippen LogP contribution in [-0.4, -0.2) is 19.3 Å². The van der Waals surface area contributed by atoms with Crippen molar-refractivity contribution in [2.24, 2.45) is 0 Å². The zero-order chi connectivity index (χ0) is 17.7. The van der Waals surface area contributed by atoms with Crippen LogP contribution >= 0.6 is 0 Å². The molecule has 0 saturated heterocycles. The number of fused-ring (bicyclic) bond motifs is 2. The van der Waals surface area contributed by atoms with Crippen molar-refractivity contribution in [3.05, 3.63) is 48.0 Å². The van der Waals surface area contributed by atoms with Crippen LogP contribution in [0.1, 0.15) is 31.1 Å². The first-order valence-electron chi connectivity index (χ1n) is 8.08. The maximum Gasteiger partial charge on any atom is 0.339 e. The Hall–Kier alpha value is -2.27. The summed E-state index contributed by atoms with van der Waals surface area (Å²) >= 11 is 0. The Bertz CT molecular complexity index is 808. The highest BCUT2D eigenvalue weighted by molar-refractivity contribution is 6.85. The number of anilines is 2. The van der Waals surface area contributed by atoms with Gasteiger partial charge in [0.1, 0.15) is 11.3 Å². The molecule has 2 aromatic carbocycles. The fourth-order valence-electron chi connectivity index (χ4n) is 2.88. The Morgan fingerprint density at radius 3 is 2.29 bits per heavy atom. The molecule has 1 N–H and O–H groups in total. The second-order valence-corrected chi connectivity index (χ2v) is 12.7. The van der Waals surface area contributed by atoms with E-state index >= 15 is 0 Å². The van der Waals surface area contributed by atoms with Gasteiger partial charge in [-0.15, -0.1) is 0 Å². The highest BCUT2D eigenvalue weighted by atomic mass is 28.3. The van der Waals surface area contributed by atoms with E-state index in [1.165, 1.54) is 0 Å². The van der Waals surface area contributed by atoms with Crippen molar-refractivity contribution < 1.29 is 14.6 Å². The van der Waals surface area contributed by atoms with Crippen LogP contribution in [0.15, 0.2) is 42.5 Å². The molecule has 0 fully saturated rings. The summed E-state index contributed by atoms with van der Waals surface area (Å²) in [5, 5.41) is 9.64. The van der Waals surface area contributed by atoms with Crippen molar-refractivity contribution >= 4 is 25.6 Å². The number of carboxylic acid groups (broad SMARTS) is 1. The number of rotatable bonds is 2. The van der Waals surface area contributed by atoms with Crippen molar-refractivity contribution in [2.75, 3.05) is 4.57 Å². The Labute approximate surface area is 143 Å². The molecule has 0 amide bonds. The molecule has 4 nitrogen and oxygen atoms in total. The molecular weight excluding hydrogens is 318 g/mol. The molecule has 2 aromatic rings. The second kappa shape index (κ2) is 5.38. The van der Waals surface area contributed by atoms with Crippen LogP contribution in [0.5, 0.6) is 11.5 Å². The summed E-state index contributed by atoms with van der Waals surface area (Å²) in [6.07, 6.45) is 0. The van der Waals surface area contributed by atoms with Gasteiger partial charge in [-0.3, -0.25) is 0 Å². The van der Waals surface area contributed by atoms with Gasteiger partial charge < -0.3 is 14.4 Å². The molecule has 1 aliphatic heterocycles. The third-order valence-corrected chi connectivity index (χ3v) is 10.4.